The molecule has 2 atom stereocenters. The van der Waals surface area contributed by atoms with Gasteiger partial charge in [-0.3, -0.25) is 19.3 Å². The maximum Gasteiger partial charge on any atom is 0.307 e. The Balaban J connectivity index is 1.64. The lowest BCUT2D eigenvalue weighted by molar-refractivity contribution is -0.140. The van der Waals surface area contributed by atoms with Crippen LogP contribution in [-0.4, -0.2) is 62.2 Å². The highest BCUT2D eigenvalue weighted by Gasteiger charge is 2.41. The number of piperidine rings is 1. The van der Waals surface area contributed by atoms with E-state index in [0.29, 0.717) is 37.3 Å². The number of benzene rings is 1. The fourth-order valence-electron chi connectivity index (χ4n) is 4.44. The minimum Gasteiger partial charge on any atom is -0.469 e. The van der Waals surface area contributed by atoms with E-state index in [2.05, 4.69) is 10.3 Å². The van der Waals surface area contributed by atoms with E-state index >= 15 is 0 Å². The van der Waals surface area contributed by atoms with Crippen molar-refractivity contribution in [2.24, 2.45) is 5.92 Å². The van der Waals surface area contributed by atoms with Crippen molar-refractivity contribution in [1.82, 2.24) is 19.9 Å². The summed E-state index contributed by atoms with van der Waals surface area (Å²) in [5.41, 5.74) is 2.02. The van der Waals surface area contributed by atoms with Crippen LogP contribution in [0.2, 0.25) is 0 Å². The van der Waals surface area contributed by atoms with E-state index in [1.54, 1.807) is 29.1 Å². The molecule has 0 amide bonds. The summed E-state index contributed by atoms with van der Waals surface area (Å²) in [6.07, 6.45) is 6.00. The molecule has 1 aliphatic carbocycles. The number of aryl methyl sites for hydroxylation is 1. The molecule has 2 unspecified atom stereocenters. The van der Waals surface area contributed by atoms with Crippen molar-refractivity contribution < 1.29 is 23.5 Å². The summed E-state index contributed by atoms with van der Waals surface area (Å²) in [4.78, 5) is 38.9. The zero-order valence-corrected chi connectivity index (χ0v) is 20.7. The third-order valence-electron chi connectivity index (χ3n) is 6.34. The van der Waals surface area contributed by atoms with Gasteiger partial charge in [0.15, 0.2) is 10.9 Å². The van der Waals surface area contributed by atoms with Crippen LogP contribution in [0.15, 0.2) is 36.0 Å². The topological polar surface area (TPSA) is 94.4 Å². The molecule has 1 aromatic heterocycles. The summed E-state index contributed by atoms with van der Waals surface area (Å²) in [6.45, 7) is 2.82. The number of esters is 1. The highest BCUT2D eigenvalue weighted by Crippen LogP contribution is 2.40. The standard InChI is InChI=1S/C25H29FN4O4S/c1-16(31)35-22-9-11-29(24(25(33)17-7-8-17)20-5-3-4-6-21(20)26)15-18(22)13-19-14-27-28-30(19)12-10-23(32)34-2/h3-6,13-14,17,22,24H,7-12,15H2,1-2H3. The molecule has 0 N–H and O–H groups in total. The first-order valence-corrected chi connectivity index (χ1v) is 12.6. The monoisotopic (exact) mass is 500 g/mol. The number of carbonyl (C=O) groups excluding carboxylic acids is 3. The predicted molar refractivity (Wildman–Crippen MR) is 130 cm³/mol. The molecule has 0 bridgehead atoms. The molecule has 1 aromatic carbocycles. The summed E-state index contributed by atoms with van der Waals surface area (Å²) in [5, 5.41) is 7.97. The summed E-state index contributed by atoms with van der Waals surface area (Å²) in [6, 6.07) is 5.79. The van der Waals surface area contributed by atoms with Gasteiger partial charge >= 0.3 is 5.97 Å². The van der Waals surface area contributed by atoms with Gasteiger partial charge in [-0.2, -0.15) is 0 Å². The number of halogens is 1. The van der Waals surface area contributed by atoms with Crippen LogP contribution in [0, 0.1) is 11.7 Å². The van der Waals surface area contributed by atoms with Crippen LogP contribution in [0.25, 0.3) is 6.08 Å². The third-order valence-corrected chi connectivity index (χ3v) is 7.49. The lowest BCUT2D eigenvalue weighted by atomic mass is 9.93. The van der Waals surface area contributed by atoms with Crippen molar-refractivity contribution >= 4 is 34.7 Å². The molecule has 2 fully saturated rings. The quantitative estimate of drug-likeness (QED) is 0.484. The van der Waals surface area contributed by atoms with Crippen LogP contribution < -0.4 is 0 Å². The van der Waals surface area contributed by atoms with Gasteiger partial charge in [-0.05, 0) is 37.0 Å². The van der Waals surface area contributed by atoms with E-state index in [-0.39, 0.29) is 40.3 Å². The summed E-state index contributed by atoms with van der Waals surface area (Å²) in [5.74, 6) is -0.709. The number of hydrogen-bond acceptors (Lipinski definition) is 8. The van der Waals surface area contributed by atoms with Crippen molar-refractivity contribution in [1.29, 1.82) is 0 Å². The van der Waals surface area contributed by atoms with E-state index < -0.39 is 6.04 Å². The molecule has 0 spiro atoms. The van der Waals surface area contributed by atoms with Crippen molar-refractivity contribution in [3.05, 3.63) is 53.1 Å². The molecule has 2 aromatic rings. The minimum absolute atomic E-state index is 0.00591. The van der Waals surface area contributed by atoms with E-state index in [0.717, 1.165) is 18.4 Å². The Morgan fingerprint density at radius 2 is 2.03 bits per heavy atom. The van der Waals surface area contributed by atoms with E-state index in [1.165, 1.54) is 31.9 Å². The summed E-state index contributed by atoms with van der Waals surface area (Å²) in [7, 11) is 1.33. The molecule has 8 nitrogen and oxygen atoms in total. The van der Waals surface area contributed by atoms with Crippen LogP contribution >= 0.6 is 11.8 Å². The largest absolute Gasteiger partial charge is 0.469 e. The van der Waals surface area contributed by atoms with Crippen molar-refractivity contribution in [2.45, 2.75) is 50.4 Å². The zero-order valence-electron chi connectivity index (χ0n) is 19.9. The molecular formula is C25H29FN4O4S. The van der Waals surface area contributed by atoms with E-state index in [9.17, 15) is 18.8 Å². The first-order chi connectivity index (χ1) is 16.9. The second-order valence-corrected chi connectivity index (χ2v) is 10.3. The third kappa shape index (κ3) is 6.24. The Morgan fingerprint density at radius 1 is 1.26 bits per heavy atom. The first-order valence-electron chi connectivity index (χ1n) is 11.7. The normalized spacial score (nSPS) is 20.5. The number of ether oxygens (including phenoxy) is 1. The average molecular weight is 501 g/mol. The maximum atomic E-state index is 14.8. The molecular weight excluding hydrogens is 471 g/mol. The molecule has 35 heavy (non-hydrogen) atoms. The highest BCUT2D eigenvalue weighted by molar-refractivity contribution is 8.14. The maximum absolute atomic E-state index is 14.8. The van der Waals surface area contributed by atoms with Crippen molar-refractivity contribution in [3.8, 4) is 0 Å². The van der Waals surface area contributed by atoms with Crippen LogP contribution in [0.4, 0.5) is 4.39 Å². The molecule has 10 heteroatoms. The molecule has 2 heterocycles. The molecule has 1 saturated heterocycles. The van der Waals surface area contributed by atoms with Crippen LogP contribution in [0.1, 0.15) is 49.9 Å². The Morgan fingerprint density at radius 3 is 2.71 bits per heavy atom. The van der Waals surface area contributed by atoms with Crippen molar-refractivity contribution in [3.63, 3.8) is 0 Å². The fourth-order valence-corrected chi connectivity index (χ4v) is 5.35. The van der Waals surface area contributed by atoms with Crippen LogP contribution in [0.5, 0.6) is 0 Å². The zero-order chi connectivity index (χ0) is 24.9. The van der Waals surface area contributed by atoms with Gasteiger partial charge in [-0.15, -0.1) is 5.10 Å². The summed E-state index contributed by atoms with van der Waals surface area (Å²) >= 11 is 1.26. The molecule has 186 valence electrons. The van der Waals surface area contributed by atoms with E-state index in [1.807, 2.05) is 11.0 Å². The van der Waals surface area contributed by atoms with Crippen LogP contribution in [-0.2, 0) is 25.7 Å². The highest BCUT2D eigenvalue weighted by atomic mass is 32.2. The van der Waals surface area contributed by atoms with E-state index in [4.69, 9.17) is 4.74 Å². The number of carbonyl (C=O) groups is 3. The van der Waals surface area contributed by atoms with Gasteiger partial charge in [0.05, 0.1) is 38.0 Å². The number of ketones is 1. The number of rotatable bonds is 9. The number of Topliss-reactive ketones (excluding diaryl/α,β-unsaturated/α-hetero) is 1. The predicted octanol–water partition coefficient (Wildman–Crippen LogP) is 3.44. The number of nitrogens with zero attached hydrogens (tertiary/aromatic N) is 4. The van der Waals surface area contributed by atoms with Gasteiger partial charge in [0.2, 0.25) is 0 Å². The number of methoxy groups -OCH3 is 1. The van der Waals surface area contributed by atoms with Gasteiger partial charge in [0, 0.05) is 36.7 Å². The smallest absolute Gasteiger partial charge is 0.307 e. The Labute approximate surface area is 207 Å². The molecule has 1 saturated carbocycles. The van der Waals surface area contributed by atoms with Crippen molar-refractivity contribution in [2.75, 3.05) is 20.2 Å². The van der Waals surface area contributed by atoms with Gasteiger partial charge in [0.1, 0.15) is 5.82 Å². The van der Waals surface area contributed by atoms with Gasteiger partial charge in [0.25, 0.3) is 0 Å². The first kappa shape index (κ1) is 25.2. The molecule has 2 aliphatic rings. The Bertz CT molecular complexity index is 1130. The molecule has 4 rings (SSSR count). The van der Waals surface area contributed by atoms with Crippen LogP contribution in [0.3, 0.4) is 0 Å². The summed E-state index contributed by atoms with van der Waals surface area (Å²) < 4.78 is 21.1. The number of aromatic nitrogens is 3. The SMILES string of the molecule is COC(=O)CCn1nncc1C=C1CN(C(C(=O)C2CC2)c2ccccc2F)CCC1SC(C)=O. The number of hydrogen-bond donors (Lipinski definition) is 0. The van der Waals surface area contributed by atoms with Gasteiger partial charge < -0.3 is 4.74 Å². The Kier molecular flexibility index (Phi) is 8.12. The minimum atomic E-state index is -0.669. The number of thioether (sulfide) groups is 1. The second kappa shape index (κ2) is 11.3. The Hall–Kier alpha value is -2.85. The molecule has 1 aliphatic heterocycles. The fraction of sp³-hybridized carbons (Fsp3) is 0.480. The number of likely N-dealkylation sites (tertiary alicyclic amines) is 1. The lowest BCUT2D eigenvalue weighted by Gasteiger charge is -2.38. The lowest BCUT2D eigenvalue weighted by Crippen LogP contribution is -2.43. The average Bonchev–Trinajstić information content (AvgIpc) is 3.60. The second-order valence-electron chi connectivity index (χ2n) is 8.89. The molecule has 0 radical (unpaired) electrons. The van der Waals surface area contributed by atoms with Gasteiger partial charge in [-0.1, -0.05) is 35.2 Å². The van der Waals surface area contributed by atoms with Gasteiger partial charge in [-0.25, -0.2) is 9.07 Å².